The molecular formula is C23H23N3O4. The summed E-state index contributed by atoms with van der Waals surface area (Å²) in [5, 5.41) is 11.3. The highest BCUT2D eigenvalue weighted by Crippen LogP contribution is 2.27. The number of hydrogen-bond acceptors (Lipinski definition) is 5. The van der Waals surface area contributed by atoms with Crippen molar-refractivity contribution in [2.45, 2.75) is 26.4 Å². The Bertz CT molecular complexity index is 1080. The van der Waals surface area contributed by atoms with Gasteiger partial charge >= 0.3 is 0 Å². The fraction of sp³-hybridized carbons (Fsp3) is 0.217. The first-order chi connectivity index (χ1) is 14.3. The van der Waals surface area contributed by atoms with E-state index in [1.807, 2.05) is 31.7 Å². The zero-order chi connectivity index (χ0) is 21.7. The molecule has 7 heteroatoms. The van der Waals surface area contributed by atoms with Crippen molar-refractivity contribution in [2.75, 3.05) is 0 Å². The lowest BCUT2D eigenvalue weighted by molar-refractivity contribution is -0.385. The molecule has 7 nitrogen and oxygen atoms in total. The van der Waals surface area contributed by atoms with Crippen molar-refractivity contribution < 1.29 is 14.5 Å². The van der Waals surface area contributed by atoms with Crippen LogP contribution in [0.25, 0.3) is 6.08 Å². The molecule has 0 N–H and O–H groups in total. The molecule has 30 heavy (non-hydrogen) atoms. The number of nitro benzene ring substituents is 1. The summed E-state index contributed by atoms with van der Waals surface area (Å²) in [5.74, 6) is 1.29. The summed E-state index contributed by atoms with van der Waals surface area (Å²) in [5.41, 5.74) is 1.84. The zero-order valence-corrected chi connectivity index (χ0v) is 17.1. The molecule has 3 aromatic rings. The molecule has 0 aliphatic carbocycles. The standard InChI is InChI=1S/C23H23N3O4/c1-16(2)20-10-4-17(14-21(20)26(28)29)5-11-22(27)18-6-8-19(9-7-18)30-15-23-24-12-13-25(23)3/h4-14,16H,15H2,1-3H3/b11-5+. The van der Waals surface area contributed by atoms with Crippen LogP contribution in [0.1, 0.15) is 47.1 Å². The van der Waals surface area contributed by atoms with Crippen molar-refractivity contribution in [1.29, 1.82) is 0 Å². The number of benzene rings is 2. The molecule has 0 unspecified atom stereocenters. The molecule has 3 rings (SSSR count). The average Bonchev–Trinajstić information content (AvgIpc) is 3.15. The first kappa shape index (κ1) is 21.0. The van der Waals surface area contributed by atoms with E-state index in [-0.39, 0.29) is 17.4 Å². The molecule has 0 aliphatic heterocycles. The maximum atomic E-state index is 12.4. The van der Waals surface area contributed by atoms with Crippen molar-refractivity contribution >= 4 is 17.5 Å². The molecular weight excluding hydrogens is 382 g/mol. The van der Waals surface area contributed by atoms with Crippen LogP contribution >= 0.6 is 0 Å². The third-order valence-electron chi connectivity index (χ3n) is 4.73. The molecule has 0 amide bonds. The lowest BCUT2D eigenvalue weighted by Gasteiger charge is -2.07. The lowest BCUT2D eigenvalue weighted by atomic mass is 9.99. The van der Waals surface area contributed by atoms with Crippen LogP contribution in [0.5, 0.6) is 5.75 Å². The van der Waals surface area contributed by atoms with E-state index in [9.17, 15) is 14.9 Å². The van der Waals surface area contributed by atoms with E-state index in [0.717, 1.165) is 5.82 Å². The second kappa shape index (κ2) is 9.17. The second-order valence-electron chi connectivity index (χ2n) is 7.20. The van der Waals surface area contributed by atoms with Gasteiger partial charge in [0.1, 0.15) is 18.2 Å². The van der Waals surface area contributed by atoms with Crippen molar-refractivity contribution in [3.8, 4) is 5.75 Å². The van der Waals surface area contributed by atoms with Gasteiger partial charge in [0.25, 0.3) is 5.69 Å². The number of aromatic nitrogens is 2. The molecule has 0 radical (unpaired) electrons. The van der Waals surface area contributed by atoms with Crippen molar-refractivity contribution in [3.05, 3.63) is 93.6 Å². The van der Waals surface area contributed by atoms with Gasteiger partial charge in [-0.25, -0.2) is 4.98 Å². The van der Waals surface area contributed by atoms with Gasteiger partial charge in [0.15, 0.2) is 5.78 Å². The highest BCUT2D eigenvalue weighted by Gasteiger charge is 2.16. The molecule has 0 saturated carbocycles. The van der Waals surface area contributed by atoms with E-state index in [0.29, 0.717) is 29.0 Å². The van der Waals surface area contributed by atoms with Crippen LogP contribution in [0.4, 0.5) is 5.69 Å². The molecule has 0 aliphatic rings. The van der Waals surface area contributed by atoms with Crippen LogP contribution in [0.2, 0.25) is 0 Å². The van der Waals surface area contributed by atoms with Gasteiger partial charge < -0.3 is 9.30 Å². The Kier molecular flexibility index (Phi) is 6.41. The molecule has 0 bridgehead atoms. The molecule has 0 saturated heterocycles. The van der Waals surface area contributed by atoms with E-state index in [4.69, 9.17) is 4.74 Å². The van der Waals surface area contributed by atoms with Crippen LogP contribution in [0.3, 0.4) is 0 Å². The summed E-state index contributed by atoms with van der Waals surface area (Å²) in [6, 6.07) is 11.8. The number of ether oxygens (including phenoxy) is 1. The van der Waals surface area contributed by atoms with Gasteiger partial charge in [-0.1, -0.05) is 32.1 Å². The van der Waals surface area contributed by atoms with Gasteiger partial charge in [-0.2, -0.15) is 0 Å². The minimum atomic E-state index is -0.391. The molecule has 1 aromatic heterocycles. The lowest BCUT2D eigenvalue weighted by Crippen LogP contribution is -2.03. The summed E-state index contributed by atoms with van der Waals surface area (Å²) in [7, 11) is 1.89. The molecule has 0 spiro atoms. The molecule has 2 aromatic carbocycles. The average molecular weight is 405 g/mol. The van der Waals surface area contributed by atoms with Crippen molar-refractivity contribution in [3.63, 3.8) is 0 Å². The number of ketones is 1. The zero-order valence-electron chi connectivity index (χ0n) is 17.1. The number of allylic oxidation sites excluding steroid dienone is 1. The number of imidazole rings is 1. The number of nitrogens with zero attached hydrogens (tertiary/aromatic N) is 3. The van der Waals surface area contributed by atoms with Gasteiger partial charge in [-0.15, -0.1) is 0 Å². The summed E-state index contributed by atoms with van der Waals surface area (Å²) in [6.45, 7) is 4.15. The molecule has 0 fully saturated rings. The quantitative estimate of drug-likeness (QED) is 0.230. The van der Waals surface area contributed by atoms with Gasteiger partial charge in [-0.3, -0.25) is 14.9 Å². The maximum absolute atomic E-state index is 12.4. The summed E-state index contributed by atoms with van der Waals surface area (Å²) in [6.07, 6.45) is 6.55. The van der Waals surface area contributed by atoms with Crippen LogP contribution < -0.4 is 4.74 Å². The minimum Gasteiger partial charge on any atom is -0.486 e. The Labute approximate surface area is 174 Å². The number of carbonyl (C=O) groups is 1. The highest BCUT2D eigenvalue weighted by atomic mass is 16.6. The first-order valence-corrected chi connectivity index (χ1v) is 9.55. The smallest absolute Gasteiger partial charge is 0.273 e. The summed E-state index contributed by atoms with van der Waals surface area (Å²) in [4.78, 5) is 27.6. The van der Waals surface area contributed by atoms with E-state index < -0.39 is 4.92 Å². The second-order valence-corrected chi connectivity index (χ2v) is 7.20. The normalized spacial score (nSPS) is 11.2. The Morgan fingerprint density at radius 3 is 2.57 bits per heavy atom. The van der Waals surface area contributed by atoms with E-state index in [1.54, 1.807) is 48.7 Å². The van der Waals surface area contributed by atoms with Gasteiger partial charge in [-0.05, 0) is 41.8 Å². The predicted octanol–water partition coefficient (Wildman–Crippen LogP) is 4.93. The monoisotopic (exact) mass is 405 g/mol. The molecule has 154 valence electrons. The number of rotatable bonds is 8. The van der Waals surface area contributed by atoms with Crippen molar-refractivity contribution in [1.82, 2.24) is 9.55 Å². The number of nitro groups is 1. The van der Waals surface area contributed by atoms with Crippen LogP contribution in [-0.2, 0) is 13.7 Å². The molecule has 0 atom stereocenters. The highest BCUT2D eigenvalue weighted by molar-refractivity contribution is 6.06. The SMILES string of the molecule is CC(C)c1ccc(/C=C/C(=O)c2ccc(OCc3nccn3C)cc2)cc1[N+](=O)[O-]. The fourth-order valence-corrected chi connectivity index (χ4v) is 2.98. The maximum Gasteiger partial charge on any atom is 0.273 e. The summed E-state index contributed by atoms with van der Waals surface area (Å²) < 4.78 is 7.56. The predicted molar refractivity (Wildman–Crippen MR) is 115 cm³/mol. The third-order valence-corrected chi connectivity index (χ3v) is 4.73. The minimum absolute atomic E-state index is 0.0446. The van der Waals surface area contributed by atoms with Crippen molar-refractivity contribution in [2.24, 2.45) is 7.05 Å². The summed E-state index contributed by atoms with van der Waals surface area (Å²) >= 11 is 0. The number of aryl methyl sites for hydroxylation is 1. The Morgan fingerprint density at radius 1 is 1.23 bits per heavy atom. The Hall–Kier alpha value is -3.74. The van der Waals surface area contributed by atoms with E-state index in [1.165, 1.54) is 12.1 Å². The van der Waals surface area contributed by atoms with Crippen LogP contribution in [0, 0.1) is 10.1 Å². The number of hydrogen-bond donors (Lipinski definition) is 0. The third kappa shape index (κ3) is 5.00. The Morgan fingerprint density at radius 2 is 1.97 bits per heavy atom. The van der Waals surface area contributed by atoms with Gasteiger partial charge in [0.05, 0.1) is 4.92 Å². The molecule has 1 heterocycles. The first-order valence-electron chi connectivity index (χ1n) is 9.55. The van der Waals surface area contributed by atoms with Gasteiger partial charge in [0, 0.05) is 36.6 Å². The fourth-order valence-electron chi connectivity index (χ4n) is 2.98. The van der Waals surface area contributed by atoms with Crippen LogP contribution in [-0.4, -0.2) is 20.3 Å². The van der Waals surface area contributed by atoms with E-state index >= 15 is 0 Å². The Balaban J connectivity index is 1.67. The van der Waals surface area contributed by atoms with Gasteiger partial charge in [0.2, 0.25) is 0 Å². The van der Waals surface area contributed by atoms with E-state index in [2.05, 4.69) is 4.98 Å². The topological polar surface area (TPSA) is 87.3 Å². The number of carbonyl (C=O) groups excluding carboxylic acids is 1. The van der Waals surface area contributed by atoms with Crippen LogP contribution in [0.15, 0.2) is 60.9 Å². The largest absolute Gasteiger partial charge is 0.486 e.